The zero-order chi connectivity index (χ0) is 19.2. The molecule has 0 saturated carbocycles. The van der Waals surface area contributed by atoms with Crippen LogP contribution in [0.3, 0.4) is 0 Å². The SMILES string of the molecule is CC(C)(C)OC(=O)NCC(=O)N1CCC(NC(=O)c2ccccc2)CC1. The van der Waals surface area contributed by atoms with Crippen LogP contribution < -0.4 is 10.6 Å². The second-order valence-electron chi connectivity index (χ2n) is 7.35. The Labute approximate surface area is 154 Å². The van der Waals surface area contributed by atoms with Gasteiger partial charge in [-0.3, -0.25) is 9.59 Å². The van der Waals surface area contributed by atoms with Crippen molar-refractivity contribution in [1.82, 2.24) is 15.5 Å². The molecule has 1 aromatic rings. The van der Waals surface area contributed by atoms with E-state index in [0.717, 1.165) is 0 Å². The number of hydrogen-bond donors (Lipinski definition) is 2. The van der Waals surface area contributed by atoms with Crippen LogP contribution in [0.2, 0.25) is 0 Å². The minimum Gasteiger partial charge on any atom is -0.444 e. The zero-order valence-corrected chi connectivity index (χ0v) is 15.6. The van der Waals surface area contributed by atoms with Gasteiger partial charge in [-0.05, 0) is 45.7 Å². The first kappa shape index (κ1) is 19.8. The van der Waals surface area contributed by atoms with Crippen molar-refractivity contribution >= 4 is 17.9 Å². The summed E-state index contributed by atoms with van der Waals surface area (Å²) in [5.41, 5.74) is 0.0372. The maximum atomic E-state index is 12.2. The van der Waals surface area contributed by atoms with Crippen molar-refractivity contribution in [1.29, 1.82) is 0 Å². The largest absolute Gasteiger partial charge is 0.444 e. The molecule has 0 aliphatic carbocycles. The normalized spacial score (nSPS) is 15.3. The molecule has 1 aliphatic rings. The Bertz CT molecular complexity index is 632. The number of hydrogen-bond acceptors (Lipinski definition) is 4. The molecule has 1 aliphatic heterocycles. The number of nitrogens with zero attached hydrogens (tertiary/aromatic N) is 1. The van der Waals surface area contributed by atoms with Crippen LogP contribution in [0.1, 0.15) is 44.0 Å². The summed E-state index contributed by atoms with van der Waals surface area (Å²) in [4.78, 5) is 37.7. The van der Waals surface area contributed by atoms with Crippen molar-refractivity contribution in [2.45, 2.75) is 45.3 Å². The molecule has 0 atom stereocenters. The Kier molecular flexibility index (Phi) is 6.60. The molecule has 1 heterocycles. The number of nitrogens with one attached hydrogen (secondary N) is 2. The van der Waals surface area contributed by atoms with Gasteiger partial charge in [-0.15, -0.1) is 0 Å². The number of ether oxygens (including phenoxy) is 1. The van der Waals surface area contributed by atoms with Gasteiger partial charge in [0.15, 0.2) is 0 Å². The molecule has 142 valence electrons. The van der Waals surface area contributed by atoms with Crippen molar-refractivity contribution in [3.05, 3.63) is 35.9 Å². The monoisotopic (exact) mass is 361 g/mol. The first-order valence-electron chi connectivity index (χ1n) is 8.85. The van der Waals surface area contributed by atoms with Crippen molar-refractivity contribution in [2.75, 3.05) is 19.6 Å². The summed E-state index contributed by atoms with van der Waals surface area (Å²) in [5, 5.41) is 5.48. The highest BCUT2D eigenvalue weighted by Gasteiger charge is 2.25. The first-order valence-corrected chi connectivity index (χ1v) is 8.85. The molecule has 7 heteroatoms. The summed E-state index contributed by atoms with van der Waals surface area (Å²) in [5.74, 6) is -0.245. The summed E-state index contributed by atoms with van der Waals surface area (Å²) in [6, 6.07) is 9.12. The second kappa shape index (κ2) is 8.69. The number of carbonyl (C=O) groups is 3. The summed E-state index contributed by atoms with van der Waals surface area (Å²) >= 11 is 0. The molecule has 0 aromatic heterocycles. The molecule has 1 saturated heterocycles. The minimum absolute atomic E-state index is 0.0468. The molecular formula is C19H27N3O4. The van der Waals surface area contributed by atoms with E-state index in [1.165, 1.54) is 0 Å². The van der Waals surface area contributed by atoms with E-state index >= 15 is 0 Å². The van der Waals surface area contributed by atoms with E-state index in [1.807, 2.05) is 18.2 Å². The third-order valence-corrected chi connectivity index (χ3v) is 4.00. The molecule has 7 nitrogen and oxygen atoms in total. The first-order chi connectivity index (χ1) is 12.2. The van der Waals surface area contributed by atoms with Gasteiger partial charge >= 0.3 is 6.09 Å². The van der Waals surface area contributed by atoms with Crippen LogP contribution in [-0.2, 0) is 9.53 Å². The van der Waals surface area contributed by atoms with E-state index in [1.54, 1.807) is 37.8 Å². The third-order valence-electron chi connectivity index (χ3n) is 4.00. The predicted molar refractivity (Wildman–Crippen MR) is 97.7 cm³/mol. The molecule has 1 aromatic carbocycles. The van der Waals surface area contributed by atoms with Crippen molar-refractivity contribution < 1.29 is 19.1 Å². The molecule has 3 amide bonds. The molecule has 0 bridgehead atoms. The molecule has 26 heavy (non-hydrogen) atoms. The Balaban J connectivity index is 1.71. The second-order valence-corrected chi connectivity index (χ2v) is 7.35. The van der Waals surface area contributed by atoms with Crippen LogP contribution in [0.5, 0.6) is 0 Å². The maximum Gasteiger partial charge on any atom is 0.408 e. The van der Waals surface area contributed by atoms with Gasteiger partial charge in [0.2, 0.25) is 5.91 Å². The molecule has 0 radical (unpaired) electrons. The molecule has 1 fully saturated rings. The zero-order valence-electron chi connectivity index (χ0n) is 15.6. The van der Waals surface area contributed by atoms with Crippen LogP contribution >= 0.6 is 0 Å². The summed E-state index contributed by atoms with van der Waals surface area (Å²) < 4.78 is 5.11. The molecule has 2 rings (SSSR count). The van der Waals surface area contributed by atoms with Gasteiger partial charge in [0.05, 0.1) is 0 Å². The number of alkyl carbamates (subject to hydrolysis) is 1. The quantitative estimate of drug-likeness (QED) is 0.858. The third kappa shape index (κ3) is 6.38. The Hall–Kier alpha value is -2.57. The van der Waals surface area contributed by atoms with Gasteiger partial charge in [-0.25, -0.2) is 4.79 Å². The van der Waals surface area contributed by atoms with E-state index < -0.39 is 11.7 Å². The van der Waals surface area contributed by atoms with Gasteiger partial charge in [0.1, 0.15) is 12.1 Å². The number of amides is 3. The smallest absolute Gasteiger partial charge is 0.408 e. The Morgan fingerprint density at radius 1 is 1.12 bits per heavy atom. The highest BCUT2D eigenvalue weighted by molar-refractivity contribution is 5.94. The average Bonchev–Trinajstić information content (AvgIpc) is 2.59. The number of piperidine rings is 1. The number of likely N-dealkylation sites (tertiary alicyclic amines) is 1. The van der Waals surface area contributed by atoms with E-state index in [2.05, 4.69) is 10.6 Å². The Morgan fingerprint density at radius 2 is 1.73 bits per heavy atom. The number of benzene rings is 1. The fraction of sp³-hybridized carbons (Fsp3) is 0.526. The molecular weight excluding hydrogens is 334 g/mol. The molecule has 0 spiro atoms. The van der Waals surface area contributed by atoms with Gasteiger partial charge in [-0.2, -0.15) is 0 Å². The highest BCUT2D eigenvalue weighted by atomic mass is 16.6. The number of rotatable bonds is 4. The van der Waals surface area contributed by atoms with Crippen LogP contribution in [-0.4, -0.2) is 54.1 Å². The fourth-order valence-corrected chi connectivity index (χ4v) is 2.71. The van der Waals surface area contributed by atoms with Gasteiger partial charge in [-0.1, -0.05) is 18.2 Å². The average molecular weight is 361 g/mol. The van der Waals surface area contributed by atoms with Crippen LogP contribution in [0.25, 0.3) is 0 Å². The standard InChI is InChI=1S/C19H27N3O4/c1-19(2,3)26-18(25)20-13-16(23)22-11-9-15(10-12-22)21-17(24)14-7-5-4-6-8-14/h4-8,15H,9-13H2,1-3H3,(H,20,25)(H,21,24). The predicted octanol–water partition coefficient (Wildman–Crippen LogP) is 1.93. The van der Waals surface area contributed by atoms with E-state index in [9.17, 15) is 14.4 Å². The van der Waals surface area contributed by atoms with Crippen LogP contribution in [0.15, 0.2) is 30.3 Å². The Morgan fingerprint density at radius 3 is 2.31 bits per heavy atom. The lowest BCUT2D eigenvalue weighted by atomic mass is 10.0. The highest BCUT2D eigenvalue weighted by Crippen LogP contribution is 2.12. The van der Waals surface area contributed by atoms with Crippen molar-refractivity contribution in [3.63, 3.8) is 0 Å². The molecule has 2 N–H and O–H groups in total. The van der Waals surface area contributed by atoms with Gasteiger partial charge in [0, 0.05) is 24.7 Å². The molecule has 0 unspecified atom stereocenters. The topological polar surface area (TPSA) is 87.7 Å². The van der Waals surface area contributed by atoms with Gasteiger partial charge in [0.25, 0.3) is 5.91 Å². The van der Waals surface area contributed by atoms with Crippen molar-refractivity contribution in [3.8, 4) is 0 Å². The minimum atomic E-state index is -0.601. The van der Waals surface area contributed by atoms with Crippen LogP contribution in [0, 0.1) is 0 Å². The number of carbonyl (C=O) groups excluding carboxylic acids is 3. The van der Waals surface area contributed by atoms with Crippen LogP contribution in [0.4, 0.5) is 4.79 Å². The summed E-state index contributed by atoms with van der Waals surface area (Å²) in [7, 11) is 0. The fourth-order valence-electron chi connectivity index (χ4n) is 2.71. The lowest BCUT2D eigenvalue weighted by Gasteiger charge is -2.32. The van der Waals surface area contributed by atoms with E-state index in [-0.39, 0.29) is 24.4 Å². The lowest BCUT2D eigenvalue weighted by Crippen LogP contribution is -2.49. The van der Waals surface area contributed by atoms with Gasteiger partial charge < -0.3 is 20.3 Å². The summed E-state index contributed by atoms with van der Waals surface area (Å²) in [6.07, 6.45) is 0.781. The maximum absolute atomic E-state index is 12.2. The van der Waals surface area contributed by atoms with E-state index in [0.29, 0.717) is 31.5 Å². The lowest BCUT2D eigenvalue weighted by molar-refractivity contribution is -0.131. The summed E-state index contributed by atoms with van der Waals surface area (Å²) in [6.45, 7) is 6.31. The van der Waals surface area contributed by atoms with Crippen molar-refractivity contribution in [2.24, 2.45) is 0 Å². The van der Waals surface area contributed by atoms with E-state index in [4.69, 9.17) is 4.74 Å².